The number of aromatic nitrogens is 1. The van der Waals surface area contributed by atoms with Crippen LogP contribution in [0.2, 0.25) is 0 Å². The first-order chi connectivity index (χ1) is 27.9. The molecule has 318 valence electrons. The van der Waals surface area contributed by atoms with Gasteiger partial charge in [0.05, 0.1) is 17.9 Å². The monoisotopic (exact) mass is 804 g/mol. The minimum absolute atomic E-state index is 0.0282. The van der Waals surface area contributed by atoms with Gasteiger partial charge in [0.25, 0.3) is 0 Å². The van der Waals surface area contributed by atoms with Crippen LogP contribution in [0.1, 0.15) is 186 Å². The summed E-state index contributed by atoms with van der Waals surface area (Å²) in [6.45, 7) is 6.82. The van der Waals surface area contributed by atoms with Crippen molar-refractivity contribution >= 4 is 27.9 Å². The molecule has 3 aliphatic heterocycles. The van der Waals surface area contributed by atoms with Gasteiger partial charge in [-0.3, -0.25) is 18.9 Å². The number of nitrogens with one attached hydrogen (secondary N) is 1. The number of benzene rings is 1. The highest BCUT2D eigenvalue weighted by atomic mass is 32.2. The quantitative estimate of drug-likeness (QED) is 0.101. The van der Waals surface area contributed by atoms with Crippen molar-refractivity contribution in [2.45, 2.75) is 197 Å². The first-order valence-corrected chi connectivity index (χ1v) is 25.1. The third-order valence-electron chi connectivity index (χ3n) is 15.3. The van der Waals surface area contributed by atoms with E-state index in [1.54, 1.807) is 7.11 Å². The normalized spacial score (nSPS) is 30.4. The number of hydrogen-bond acceptors (Lipinski definition) is 6. The highest BCUT2D eigenvalue weighted by molar-refractivity contribution is 7.80. The fourth-order valence-corrected chi connectivity index (χ4v) is 13.9. The maximum atomic E-state index is 14.7. The minimum Gasteiger partial charge on any atom is -0.497 e. The van der Waals surface area contributed by atoms with Crippen LogP contribution in [-0.4, -0.2) is 57.0 Å². The number of piperidine rings is 3. The number of fused-ring (bicyclic) bond motifs is 4. The molecule has 6 bridgehead atoms. The molecule has 7 fully saturated rings. The van der Waals surface area contributed by atoms with Gasteiger partial charge in [0, 0.05) is 36.1 Å². The van der Waals surface area contributed by atoms with Crippen LogP contribution in [0.25, 0.3) is 10.9 Å². The van der Waals surface area contributed by atoms with Gasteiger partial charge < -0.3 is 10.1 Å². The van der Waals surface area contributed by atoms with Gasteiger partial charge in [0.2, 0.25) is 5.91 Å². The Morgan fingerprint density at radius 3 is 2.14 bits per heavy atom. The van der Waals surface area contributed by atoms with Crippen molar-refractivity contribution in [3.05, 3.63) is 36.0 Å². The van der Waals surface area contributed by atoms with Crippen LogP contribution < -0.4 is 10.1 Å². The number of amides is 1. The van der Waals surface area contributed by atoms with E-state index in [0.29, 0.717) is 12.3 Å². The molecule has 4 aliphatic carbocycles. The number of nitrogens with zero attached hydrogens (tertiary/aromatic N) is 2. The SMILES string of the molecule is CCCCCCCCCCC(CCCCCCCC(=O)NC12CC3CC(CC(C3)C1)C2)S(=O)O[C@@H](c1ccnc2ccc(OC)cc12)[C@H]1C[C@@H]2CCN1C[C@@H]2CC. The smallest absolute Gasteiger partial charge is 0.220 e. The second kappa shape index (κ2) is 21.0. The molecule has 7 nitrogen and oxygen atoms in total. The Morgan fingerprint density at radius 1 is 0.877 bits per heavy atom. The molecule has 0 radical (unpaired) electrons. The van der Waals surface area contributed by atoms with E-state index in [0.717, 1.165) is 117 Å². The van der Waals surface area contributed by atoms with Gasteiger partial charge in [-0.1, -0.05) is 97.3 Å². The molecular weight excluding hydrogens is 727 g/mol. The second-order valence-corrected chi connectivity index (χ2v) is 20.9. The molecule has 9 rings (SSSR count). The first kappa shape index (κ1) is 43.1. The van der Waals surface area contributed by atoms with Crippen LogP contribution in [0.3, 0.4) is 0 Å². The van der Waals surface area contributed by atoms with Crippen molar-refractivity contribution < 1.29 is 17.9 Å². The molecule has 4 saturated carbocycles. The number of rotatable bonds is 25. The van der Waals surface area contributed by atoms with E-state index in [-0.39, 0.29) is 28.8 Å². The van der Waals surface area contributed by atoms with Gasteiger partial charge in [0.1, 0.15) is 11.9 Å². The van der Waals surface area contributed by atoms with Gasteiger partial charge in [-0.15, -0.1) is 0 Å². The summed E-state index contributed by atoms with van der Waals surface area (Å²) >= 11 is -1.42. The summed E-state index contributed by atoms with van der Waals surface area (Å²) in [5, 5.41) is 4.65. The molecule has 7 aliphatic rings. The number of carbonyl (C=O) groups excluding carboxylic acids is 1. The summed E-state index contributed by atoms with van der Waals surface area (Å²) in [5.41, 5.74) is 2.14. The largest absolute Gasteiger partial charge is 0.497 e. The molecule has 3 saturated heterocycles. The topological polar surface area (TPSA) is 80.8 Å². The van der Waals surface area contributed by atoms with Gasteiger partial charge >= 0.3 is 0 Å². The molecular formula is C49H77N3O4S. The fraction of sp³-hybridized carbons (Fsp3) is 0.796. The minimum atomic E-state index is -1.42. The number of unbranched alkanes of at least 4 members (excludes halogenated alkanes) is 11. The van der Waals surface area contributed by atoms with Crippen molar-refractivity contribution in [2.75, 3.05) is 20.2 Å². The zero-order valence-corrected chi connectivity index (χ0v) is 36.8. The molecule has 8 heteroatoms. The van der Waals surface area contributed by atoms with Crippen LogP contribution in [0, 0.1) is 29.6 Å². The maximum absolute atomic E-state index is 14.7. The van der Waals surface area contributed by atoms with Crippen molar-refractivity contribution in [1.82, 2.24) is 15.2 Å². The Balaban J connectivity index is 0.954. The molecule has 2 aromatic rings. The van der Waals surface area contributed by atoms with Crippen molar-refractivity contribution in [2.24, 2.45) is 29.6 Å². The maximum Gasteiger partial charge on any atom is 0.220 e. The van der Waals surface area contributed by atoms with E-state index in [4.69, 9.17) is 13.9 Å². The summed E-state index contributed by atoms with van der Waals surface area (Å²) in [6.07, 6.45) is 31.2. The Morgan fingerprint density at radius 2 is 1.53 bits per heavy atom. The average molecular weight is 804 g/mol. The molecule has 0 spiro atoms. The Hall–Kier alpha value is -2.03. The van der Waals surface area contributed by atoms with Gasteiger partial charge in [-0.05, 0) is 137 Å². The van der Waals surface area contributed by atoms with E-state index in [1.807, 2.05) is 18.3 Å². The number of hydrogen-bond donors (Lipinski definition) is 1. The molecule has 1 amide bonds. The number of pyridine rings is 1. The molecule has 1 aromatic heterocycles. The van der Waals surface area contributed by atoms with E-state index < -0.39 is 11.1 Å². The number of methoxy groups -OCH3 is 1. The highest BCUT2D eigenvalue weighted by Crippen LogP contribution is 2.55. The van der Waals surface area contributed by atoms with Crippen LogP contribution in [0.4, 0.5) is 0 Å². The van der Waals surface area contributed by atoms with Crippen molar-refractivity contribution in [3.63, 3.8) is 0 Å². The molecule has 7 atom stereocenters. The predicted molar refractivity (Wildman–Crippen MR) is 235 cm³/mol. The zero-order chi connectivity index (χ0) is 39.6. The van der Waals surface area contributed by atoms with E-state index >= 15 is 0 Å². The molecule has 4 heterocycles. The van der Waals surface area contributed by atoms with Gasteiger partial charge in [-0.2, -0.15) is 0 Å². The average Bonchev–Trinajstić information content (AvgIpc) is 3.21. The second-order valence-electron chi connectivity index (χ2n) is 19.5. The van der Waals surface area contributed by atoms with E-state index in [2.05, 4.69) is 36.2 Å². The van der Waals surface area contributed by atoms with Crippen LogP contribution in [0.15, 0.2) is 30.5 Å². The van der Waals surface area contributed by atoms with Crippen LogP contribution in [0.5, 0.6) is 5.75 Å². The summed E-state index contributed by atoms with van der Waals surface area (Å²) in [4.78, 5) is 20.5. The Labute approximate surface area is 348 Å². The Bertz CT molecular complexity index is 1560. The fourth-order valence-electron chi connectivity index (χ4n) is 12.6. The summed E-state index contributed by atoms with van der Waals surface area (Å²) in [6, 6.07) is 8.42. The lowest BCUT2D eigenvalue weighted by molar-refractivity contribution is -0.127. The van der Waals surface area contributed by atoms with Crippen LogP contribution >= 0.6 is 0 Å². The van der Waals surface area contributed by atoms with E-state index in [1.165, 1.54) is 96.3 Å². The molecule has 1 aromatic carbocycles. The molecule has 3 unspecified atom stereocenters. The molecule has 1 N–H and O–H groups in total. The summed E-state index contributed by atoms with van der Waals surface area (Å²) < 4.78 is 27.4. The standard InChI is InChI=1S/C49H77N3O4S/c1-4-6-7-8-9-10-12-15-18-42(19-16-13-11-14-17-20-47(53)51-49-32-36-27-37(33-49)29-38(28-36)34-49)57(54)56-48(46-30-40-24-26-52(46)35-39(40)5-2)43-23-25-50-45-22-21-41(55-3)31-44(43)45/h21-23,25,31,36-40,42,46,48H,4-20,24,26-30,32-35H2,1-3H3,(H,51,53)/t36?,37?,38?,39-,40-,42?,46+,48-,49?,57?/m0/s1. The third kappa shape index (κ3) is 11.2. The number of ether oxygens (including phenoxy) is 1. The Kier molecular flexibility index (Phi) is 15.8. The van der Waals surface area contributed by atoms with Gasteiger partial charge in [-0.25, -0.2) is 4.21 Å². The van der Waals surface area contributed by atoms with Crippen LogP contribution in [-0.2, 0) is 20.1 Å². The van der Waals surface area contributed by atoms with Crippen molar-refractivity contribution in [1.29, 1.82) is 0 Å². The predicted octanol–water partition coefficient (Wildman–Crippen LogP) is 11.8. The lowest BCUT2D eigenvalue weighted by Crippen LogP contribution is -2.59. The summed E-state index contributed by atoms with van der Waals surface area (Å²) in [7, 11) is 1.72. The van der Waals surface area contributed by atoms with E-state index in [9.17, 15) is 9.00 Å². The van der Waals surface area contributed by atoms with Crippen molar-refractivity contribution in [3.8, 4) is 5.75 Å². The highest BCUT2D eigenvalue weighted by Gasteiger charge is 2.51. The first-order valence-electron chi connectivity index (χ1n) is 23.9. The zero-order valence-electron chi connectivity index (χ0n) is 36.0. The third-order valence-corrected chi connectivity index (χ3v) is 16.7. The number of carbonyl (C=O) groups is 1. The lowest BCUT2D eigenvalue weighted by atomic mass is 9.53. The lowest BCUT2D eigenvalue weighted by Gasteiger charge is -2.56. The summed E-state index contributed by atoms with van der Waals surface area (Å²) in [5.74, 6) is 5.10. The molecule has 57 heavy (non-hydrogen) atoms. The van der Waals surface area contributed by atoms with Gasteiger partial charge in [0.15, 0.2) is 11.1 Å².